The van der Waals surface area contributed by atoms with Crippen molar-refractivity contribution in [2.24, 2.45) is 0 Å². The second kappa shape index (κ2) is 4.78. The van der Waals surface area contributed by atoms with E-state index < -0.39 is 0 Å². The molecule has 0 N–H and O–H groups in total. The van der Waals surface area contributed by atoms with Crippen LogP contribution in [0.3, 0.4) is 0 Å². The highest BCUT2D eigenvalue weighted by Gasteiger charge is 2.23. The van der Waals surface area contributed by atoms with Gasteiger partial charge in [0.2, 0.25) is 0 Å². The van der Waals surface area contributed by atoms with Crippen molar-refractivity contribution < 1.29 is 9.53 Å². The van der Waals surface area contributed by atoms with Crippen LogP contribution in [0.25, 0.3) is 0 Å². The number of aromatic nitrogens is 1. The summed E-state index contributed by atoms with van der Waals surface area (Å²) in [6.45, 7) is 4.47. The van der Waals surface area contributed by atoms with E-state index in [0.29, 0.717) is 18.8 Å². The van der Waals surface area contributed by atoms with Crippen LogP contribution in [0.2, 0.25) is 0 Å². The Morgan fingerprint density at radius 3 is 2.89 bits per heavy atom. The van der Waals surface area contributed by atoms with Gasteiger partial charge in [-0.2, -0.15) is 0 Å². The molecule has 0 spiro atoms. The van der Waals surface area contributed by atoms with Crippen LogP contribution in [0.5, 0.6) is 5.75 Å². The minimum Gasteiger partial charge on any atom is -0.486 e. The molecule has 0 radical (unpaired) electrons. The second-order valence-corrected chi connectivity index (χ2v) is 6.15. The summed E-state index contributed by atoms with van der Waals surface area (Å²) < 4.78 is 5.82. The molecule has 0 unspecified atom stereocenters. The Bertz CT molecular complexity index is 646. The summed E-state index contributed by atoms with van der Waals surface area (Å²) in [7, 11) is 0. The molecule has 0 amide bonds. The molecule has 0 aliphatic heterocycles. The van der Waals surface area contributed by atoms with Crippen molar-refractivity contribution in [2.45, 2.75) is 33.3 Å². The predicted molar refractivity (Wildman–Crippen MR) is 75.0 cm³/mol. The van der Waals surface area contributed by atoms with Crippen LogP contribution in [0.1, 0.15) is 37.9 Å². The molecule has 19 heavy (non-hydrogen) atoms. The largest absolute Gasteiger partial charge is 0.486 e. The standard InChI is InChI=1S/C15H15NO2S/c1-9-12(16-10(2)19-9)8-18-14-5-3-4-11-6-7-13(17)15(11)14/h3-5H,6-8H2,1-2H3. The van der Waals surface area contributed by atoms with Crippen molar-refractivity contribution >= 4 is 17.1 Å². The average molecular weight is 273 g/mol. The number of hydrogen-bond acceptors (Lipinski definition) is 4. The van der Waals surface area contributed by atoms with Crippen LogP contribution in [0.15, 0.2) is 18.2 Å². The molecule has 0 saturated heterocycles. The number of benzene rings is 1. The molecule has 0 saturated carbocycles. The first-order valence-electron chi connectivity index (χ1n) is 6.36. The summed E-state index contributed by atoms with van der Waals surface area (Å²) >= 11 is 1.67. The van der Waals surface area contributed by atoms with E-state index in [1.807, 2.05) is 32.0 Å². The zero-order chi connectivity index (χ0) is 13.4. The van der Waals surface area contributed by atoms with E-state index in [-0.39, 0.29) is 5.78 Å². The molecule has 98 valence electrons. The molecule has 1 aromatic heterocycles. The molecule has 1 aromatic carbocycles. The summed E-state index contributed by atoms with van der Waals surface area (Å²) in [5.41, 5.74) is 2.84. The molecule has 2 aromatic rings. The third-order valence-electron chi connectivity index (χ3n) is 3.38. The SMILES string of the molecule is Cc1nc(COc2cccc3c2C(=O)CC3)c(C)s1. The third kappa shape index (κ3) is 2.28. The normalized spacial score (nSPS) is 13.7. The van der Waals surface area contributed by atoms with Crippen LogP contribution in [0, 0.1) is 13.8 Å². The zero-order valence-electron chi connectivity index (χ0n) is 11.0. The first-order chi connectivity index (χ1) is 9.15. The van der Waals surface area contributed by atoms with E-state index in [4.69, 9.17) is 4.74 Å². The number of ether oxygens (including phenoxy) is 1. The summed E-state index contributed by atoms with van der Waals surface area (Å²) in [6.07, 6.45) is 1.44. The molecule has 1 heterocycles. The van der Waals surface area contributed by atoms with E-state index >= 15 is 0 Å². The van der Waals surface area contributed by atoms with Gasteiger partial charge in [0.15, 0.2) is 5.78 Å². The van der Waals surface area contributed by atoms with Crippen molar-refractivity contribution in [3.63, 3.8) is 0 Å². The number of Topliss-reactive ketones (excluding diaryl/α,β-unsaturated/α-hetero) is 1. The first kappa shape index (κ1) is 12.4. The number of hydrogen-bond donors (Lipinski definition) is 0. The summed E-state index contributed by atoms with van der Waals surface area (Å²) in [5, 5.41) is 1.05. The number of aryl methyl sites for hydroxylation is 3. The number of carbonyl (C=O) groups excluding carboxylic acids is 1. The van der Waals surface area contributed by atoms with Crippen LogP contribution >= 0.6 is 11.3 Å². The molecular weight excluding hydrogens is 258 g/mol. The predicted octanol–water partition coefficient (Wildman–Crippen LogP) is 3.47. The van der Waals surface area contributed by atoms with Crippen molar-refractivity contribution in [2.75, 3.05) is 0 Å². The second-order valence-electron chi connectivity index (χ2n) is 4.74. The van der Waals surface area contributed by atoms with Gasteiger partial charge < -0.3 is 4.74 Å². The van der Waals surface area contributed by atoms with Gasteiger partial charge in [0.05, 0.1) is 16.3 Å². The van der Waals surface area contributed by atoms with Crippen LogP contribution in [-0.4, -0.2) is 10.8 Å². The highest BCUT2D eigenvalue weighted by molar-refractivity contribution is 7.11. The number of thiazole rings is 1. The lowest BCUT2D eigenvalue weighted by molar-refractivity contribution is 0.0990. The third-order valence-corrected chi connectivity index (χ3v) is 4.31. The Hall–Kier alpha value is -1.68. The van der Waals surface area contributed by atoms with Gasteiger partial charge in [-0.3, -0.25) is 4.79 Å². The summed E-state index contributed by atoms with van der Waals surface area (Å²) in [6, 6.07) is 5.83. The van der Waals surface area contributed by atoms with E-state index in [1.54, 1.807) is 11.3 Å². The van der Waals surface area contributed by atoms with Crippen molar-refractivity contribution in [1.82, 2.24) is 4.98 Å². The zero-order valence-corrected chi connectivity index (χ0v) is 11.8. The molecule has 1 aliphatic rings. The van der Waals surface area contributed by atoms with E-state index in [0.717, 1.165) is 28.2 Å². The van der Waals surface area contributed by atoms with E-state index in [2.05, 4.69) is 4.98 Å². The highest BCUT2D eigenvalue weighted by Crippen LogP contribution is 2.31. The van der Waals surface area contributed by atoms with Crippen LogP contribution in [-0.2, 0) is 13.0 Å². The van der Waals surface area contributed by atoms with Gasteiger partial charge in [-0.25, -0.2) is 4.98 Å². The number of carbonyl (C=O) groups is 1. The summed E-state index contributed by atoms with van der Waals surface area (Å²) in [5.74, 6) is 0.891. The maximum absolute atomic E-state index is 11.9. The average Bonchev–Trinajstić information content (AvgIpc) is 2.91. The van der Waals surface area contributed by atoms with Gasteiger partial charge >= 0.3 is 0 Å². The Balaban J connectivity index is 1.83. The fourth-order valence-electron chi connectivity index (χ4n) is 2.45. The molecule has 0 atom stereocenters. The number of rotatable bonds is 3. The number of nitrogens with zero attached hydrogens (tertiary/aromatic N) is 1. The number of fused-ring (bicyclic) bond motifs is 1. The minimum absolute atomic E-state index is 0.191. The lowest BCUT2D eigenvalue weighted by atomic mass is 10.1. The smallest absolute Gasteiger partial charge is 0.167 e. The van der Waals surface area contributed by atoms with Gasteiger partial charge in [0.25, 0.3) is 0 Å². The van der Waals surface area contributed by atoms with Gasteiger partial charge in [-0.05, 0) is 31.9 Å². The topological polar surface area (TPSA) is 39.2 Å². The Morgan fingerprint density at radius 2 is 2.16 bits per heavy atom. The molecule has 1 aliphatic carbocycles. The highest BCUT2D eigenvalue weighted by atomic mass is 32.1. The number of ketones is 1. The Kier molecular flexibility index (Phi) is 3.11. The van der Waals surface area contributed by atoms with Gasteiger partial charge in [-0.1, -0.05) is 12.1 Å². The first-order valence-corrected chi connectivity index (χ1v) is 7.17. The van der Waals surface area contributed by atoms with Crippen LogP contribution < -0.4 is 4.74 Å². The lowest BCUT2D eigenvalue weighted by Gasteiger charge is -2.09. The minimum atomic E-state index is 0.191. The van der Waals surface area contributed by atoms with E-state index in [1.165, 1.54) is 4.88 Å². The van der Waals surface area contributed by atoms with Gasteiger partial charge in [-0.15, -0.1) is 11.3 Å². The lowest BCUT2D eigenvalue weighted by Crippen LogP contribution is -2.02. The van der Waals surface area contributed by atoms with Crippen molar-refractivity contribution in [1.29, 1.82) is 0 Å². The Morgan fingerprint density at radius 1 is 1.32 bits per heavy atom. The quantitative estimate of drug-likeness (QED) is 0.859. The monoisotopic (exact) mass is 273 g/mol. The maximum Gasteiger partial charge on any atom is 0.167 e. The molecule has 3 rings (SSSR count). The molecule has 0 fully saturated rings. The molecular formula is C15H15NO2S. The Labute approximate surface area is 116 Å². The molecule has 3 nitrogen and oxygen atoms in total. The van der Waals surface area contributed by atoms with E-state index in [9.17, 15) is 4.79 Å². The van der Waals surface area contributed by atoms with Crippen molar-refractivity contribution in [3.8, 4) is 5.75 Å². The summed E-state index contributed by atoms with van der Waals surface area (Å²) in [4.78, 5) is 17.5. The van der Waals surface area contributed by atoms with Crippen molar-refractivity contribution in [3.05, 3.63) is 44.9 Å². The fraction of sp³-hybridized carbons (Fsp3) is 0.333. The van der Waals surface area contributed by atoms with Gasteiger partial charge in [0, 0.05) is 11.3 Å². The maximum atomic E-state index is 11.9. The van der Waals surface area contributed by atoms with Crippen LogP contribution in [0.4, 0.5) is 0 Å². The molecule has 4 heteroatoms. The van der Waals surface area contributed by atoms with Gasteiger partial charge in [0.1, 0.15) is 12.4 Å². The molecule has 0 bridgehead atoms. The fourth-order valence-corrected chi connectivity index (χ4v) is 3.27.